The first-order valence-electron chi connectivity index (χ1n) is 5.02. The van der Waals surface area contributed by atoms with Gasteiger partial charge < -0.3 is 5.73 Å². The van der Waals surface area contributed by atoms with Gasteiger partial charge in [0.05, 0.1) is 5.69 Å². The first kappa shape index (κ1) is 10.7. The first-order chi connectivity index (χ1) is 8.65. The summed E-state index contributed by atoms with van der Waals surface area (Å²) in [4.78, 5) is 18.0. The number of nitrogens with zero attached hydrogens (tertiary/aromatic N) is 4. The van der Waals surface area contributed by atoms with Crippen molar-refractivity contribution in [3.63, 3.8) is 0 Å². The molecule has 3 N–H and O–H groups in total. The summed E-state index contributed by atoms with van der Waals surface area (Å²) >= 11 is 5.81. The Balaban J connectivity index is 2.30. The van der Waals surface area contributed by atoms with Gasteiger partial charge in [0.2, 0.25) is 5.95 Å². The number of nitrogens with two attached hydrogens (primary N) is 1. The van der Waals surface area contributed by atoms with Gasteiger partial charge in [-0.15, -0.1) is 5.10 Å². The molecular formula is C10H7ClN6O. The number of hydrogen-bond acceptors (Lipinski definition) is 5. The van der Waals surface area contributed by atoms with Gasteiger partial charge in [-0.2, -0.15) is 9.67 Å². The molecule has 0 aliphatic rings. The molecule has 0 atom stereocenters. The van der Waals surface area contributed by atoms with Crippen molar-refractivity contribution in [3.8, 4) is 5.69 Å². The average Bonchev–Trinajstić information content (AvgIpc) is 2.74. The molecule has 18 heavy (non-hydrogen) atoms. The number of benzene rings is 1. The molecule has 2 heterocycles. The van der Waals surface area contributed by atoms with E-state index in [-0.39, 0.29) is 11.5 Å². The Hall–Kier alpha value is -2.41. The van der Waals surface area contributed by atoms with Gasteiger partial charge in [0.1, 0.15) is 0 Å². The number of nitrogens with one attached hydrogen (secondary N) is 1. The van der Waals surface area contributed by atoms with E-state index in [0.29, 0.717) is 16.4 Å². The lowest BCUT2D eigenvalue weighted by Gasteiger charge is -2.01. The molecule has 7 nitrogen and oxygen atoms in total. The van der Waals surface area contributed by atoms with Gasteiger partial charge in [-0.25, -0.2) is 0 Å². The number of nitrogen functional groups attached to an aromatic ring is 1. The van der Waals surface area contributed by atoms with Gasteiger partial charge in [-0.3, -0.25) is 9.78 Å². The maximum absolute atomic E-state index is 11.6. The molecule has 0 aliphatic carbocycles. The predicted molar refractivity (Wildman–Crippen MR) is 66.7 cm³/mol. The SMILES string of the molecule is Nc1nc2c(nnn2-c2ccc(Cl)cc2)c(=O)[nH]1. The van der Waals surface area contributed by atoms with Crippen molar-refractivity contribution in [1.29, 1.82) is 0 Å². The molecule has 3 rings (SSSR count). The molecule has 2 aromatic heterocycles. The van der Waals surface area contributed by atoms with Crippen LogP contribution in [0.5, 0.6) is 0 Å². The number of fused-ring (bicyclic) bond motifs is 1. The second-order valence-electron chi connectivity index (χ2n) is 3.60. The molecule has 0 amide bonds. The van der Waals surface area contributed by atoms with Crippen LogP contribution in [-0.2, 0) is 0 Å². The van der Waals surface area contributed by atoms with Crippen LogP contribution in [0.1, 0.15) is 0 Å². The number of rotatable bonds is 1. The van der Waals surface area contributed by atoms with Gasteiger partial charge in [0, 0.05) is 5.02 Å². The van der Waals surface area contributed by atoms with Crippen LogP contribution in [0.3, 0.4) is 0 Å². The molecule has 90 valence electrons. The second-order valence-corrected chi connectivity index (χ2v) is 4.04. The minimum Gasteiger partial charge on any atom is -0.369 e. The molecule has 0 saturated carbocycles. The normalized spacial score (nSPS) is 10.9. The van der Waals surface area contributed by atoms with Gasteiger partial charge in [0.25, 0.3) is 5.56 Å². The number of aromatic nitrogens is 5. The Morgan fingerprint density at radius 1 is 1.28 bits per heavy atom. The Bertz CT molecular complexity index is 775. The van der Waals surface area contributed by atoms with Crippen molar-refractivity contribution in [1.82, 2.24) is 25.0 Å². The number of anilines is 1. The zero-order valence-electron chi connectivity index (χ0n) is 8.96. The summed E-state index contributed by atoms with van der Waals surface area (Å²) in [5.41, 5.74) is 6.22. The van der Waals surface area contributed by atoms with Gasteiger partial charge >= 0.3 is 0 Å². The maximum atomic E-state index is 11.6. The van der Waals surface area contributed by atoms with Gasteiger partial charge in [-0.05, 0) is 24.3 Å². The maximum Gasteiger partial charge on any atom is 0.282 e. The Labute approximate surface area is 105 Å². The third-order valence-corrected chi connectivity index (χ3v) is 2.65. The van der Waals surface area contributed by atoms with Crippen molar-refractivity contribution in [3.05, 3.63) is 39.6 Å². The molecule has 1 aromatic carbocycles. The van der Waals surface area contributed by atoms with Crippen LogP contribution in [0.2, 0.25) is 5.02 Å². The van der Waals surface area contributed by atoms with E-state index in [4.69, 9.17) is 17.3 Å². The average molecular weight is 263 g/mol. The number of H-pyrrole nitrogens is 1. The molecule has 3 aromatic rings. The fourth-order valence-electron chi connectivity index (χ4n) is 1.60. The lowest BCUT2D eigenvalue weighted by molar-refractivity contribution is 0.817. The highest BCUT2D eigenvalue weighted by Crippen LogP contribution is 2.15. The lowest BCUT2D eigenvalue weighted by atomic mass is 10.3. The zero-order valence-corrected chi connectivity index (χ0v) is 9.72. The van der Waals surface area contributed by atoms with Crippen molar-refractivity contribution < 1.29 is 0 Å². The highest BCUT2D eigenvalue weighted by Gasteiger charge is 2.11. The fourth-order valence-corrected chi connectivity index (χ4v) is 1.72. The third-order valence-electron chi connectivity index (χ3n) is 2.40. The van der Waals surface area contributed by atoms with Gasteiger partial charge in [-0.1, -0.05) is 16.8 Å². The van der Waals surface area contributed by atoms with E-state index in [1.54, 1.807) is 24.3 Å². The quantitative estimate of drug-likeness (QED) is 0.673. The number of hydrogen-bond donors (Lipinski definition) is 2. The van der Waals surface area contributed by atoms with E-state index in [2.05, 4.69) is 20.3 Å². The number of aromatic amines is 1. The minimum atomic E-state index is -0.419. The molecular weight excluding hydrogens is 256 g/mol. The monoisotopic (exact) mass is 262 g/mol. The molecule has 0 spiro atoms. The highest BCUT2D eigenvalue weighted by molar-refractivity contribution is 6.30. The van der Waals surface area contributed by atoms with Crippen LogP contribution < -0.4 is 11.3 Å². The van der Waals surface area contributed by atoms with Crippen molar-refractivity contribution in [2.45, 2.75) is 0 Å². The van der Waals surface area contributed by atoms with Crippen LogP contribution in [0.25, 0.3) is 16.9 Å². The molecule has 8 heteroatoms. The third kappa shape index (κ3) is 1.61. The summed E-state index contributed by atoms with van der Waals surface area (Å²) in [5.74, 6) is 0.0185. The fraction of sp³-hybridized carbons (Fsp3) is 0. The highest BCUT2D eigenvalue weighted by atomic mass is 35.5. The van der Waals surface area contributed by atoms with E-state index in [9.17, 15) is 4.79 Å². The van der Waals surface area contributed by atoms with Crippen molar-refractivity contribution >= 4 is 28.7 Å². The lowest BCUT2D eigenvalue weighted by Crippen LogP contribution is -2.12. The zero-order chi connectivity index (χ0) is 12.7. The topological polar surface area (TPSA) is 102 Å². The first-order valence-corrected chi connectivity index (χ1v) is 5.40. The Morgan fingerprint density at radius 2 is 2.00 bits per heavy atom. The molecule has 0 aliphatic heterocycles. The van der Waals surface area contributed by atoms with Crippen LogP contribution in [-0.4, -0.2) is 25.0 Å². The summed E-state index contributed by atoms with van der Waals surface area (Å²) < 4.78 is 1.43. The molecule has 0 fully saturated rings. The number of halogens is 1. The second kappa shape index (κ2) is 3.81. The van der Waals surface area contributed by atoms with E-state index >= 15 is 0 Å². The van der Waals surface area contributed by atoms with E-state index in [1.807, 2.05) is 0 Å². The largest absolute Gasteiger partial charge is 0.369 e. The molecule has 0 bridgehead atoms. The van der Waals surface area contributed by atoms with Crippen LogP contribution in [0.4, 0.5) is 5.95 Å². The minimum absolute atomic E-state index is 0.0185. The summed E-state index contributed by atoms with van der Waals surface area (Å²) in [6.07, 6.45) is 0. The van der Waals surface area contributed by atoms with Crippen LogP contribution >= 0.6 is 11.6 Å². The molecule has 0 saturated heterocycles. The van der Waals surface area contributed by atoms with Crippen LogP contribution in [0.15, 0.2) is 29.1 Å². The standard InChI is InChI=1S/C10H7ClN6O/c11-5-1-3-6(4-2-5)17-8-7(15-16-17)9(18)14-10(12)13-8/h1-4H,(H3,12,13,14,18). The van der Waals surface area contributed by atoms with Gasteiger partial charge in [0.15, 0.2) is 11.2 Å². The Morgan fingerprint density at radius 3 is 2.72 bits per heavy atom. The summed E-state index contributed by atoms with van der Waals surface area (Å²) in [5, 5.41) is 8.26. The smallest absolute Gasteiger partial charge is 0.282 e. The molecule has 0 unspecified atom stereocenters. The summed E-state index contributed by atoms with van der Waals surface area (Å²) in [6, 6.07) is 6.91. The Kier molecular flexibility index (Phi) is 2.27. The van der Waals surface area contributed by atoms with Crippen molar-refractivity contribution in [2.75, 3.05) is 5.73 Å². The summed E-state index contributed by atoms with van der Waals surface area (Å²) in [6.45, 7) is 0. The predicted octanol–water partition coefficient (Wildman–Crippen LogP) is 0.739. The summed E-state index contributed by atoms with van der Waals surface area (Å²) in [7, 11) is 0. The van der Waals surface area contributed by atoms with Crippen LogP contribution in [0, 0.1) is 0 Å². The van der Waals surface area contributed by atoms with E-state index in [1.165, 1.54) is 4.68 Å². The molecule has 0 radical (unpaired) electrons. The van der Waals surface area contributed by atoms with Crippen molar-refractivity contribution in [2.24, 2.45) is 0 Å². The van der Waals surface area contributed by atoms with E-state index in [0.717, 1.165) is 0 Å². The van der Waals surface area contributed by atoms with E-state index < -0.39 is 5.56 Å².